The molecular weight excluding hydrogens is 264 g/mol. The fourth-order valence-corrected chi connectivity index (χ4v) is 2.55. The second kappa shape index (κ2) is 5.35. The van der Waals surface area contributed by atoms with Crippen LogP contribution in [0.1, 0.15) is 36.0 Å². The Labute approximate surface area is 124 Å². The van der Waals surface area contributed by atoms with E-state index in [2.05, 4.69) is 11.9 Å². The Morgan fingerprint density at radius 2 is 2.00 bits per heavy atom. The highest BCUT2D eigenvalue weighted by molar-refractivity contribution is 5.93. The lowest BCUT2D eigenvalue weighted by Gasteiger charge is -2.24. The average molecular weight is 284 g/mol. The smallest absolute Gasteiger partial charge is 0.276 e. The molecule has 0 aliphatic heterocycles. The van der Waals surface area contributed by atoms with Gasteiger partial charge in [0.1, 0.15) is 5.76 Å². The van der Waals surface area contributed by atoms with Gasteiger partial charge in [0.15, 0.2) is 5.69 Å². The van der Waals surface area contributed by atoms with Crippen LogP contribution < -0.4 is 0 Å². The van der Waals surface area contributed by atoms with Gasteiger partial charge < -0.3 is 9.32 Å². The van der Waals surface area contributed by atoms with Gasteiger partial charge in [-0.15, -0.1) is 0 Å². The molecule has 4 nitrogen and oxygen atoms in total. The van der Waals surface area contributed by atoms with Gasteiger partial charge in [0.25, 0.3) is 5.91 Å². The van der Waals surface area contributed by atoms with E-state index in [1.165, 1.54) is 12.8 Å². The Kier molecular flexibility index (Phi) is 3.53. The van der Waals surface area contributed by atoms with E-state index in [1.807, 2.05) is 37.4 Å². The van der Waals surface area contributed by atoms with Crippen LogP contribution in [0.5, 0.6) is 0 Å². The Morgan fingerprint density at radius 3 is 2.62 bits per heavy atom. The molecule has 3 rings (SSSR count). The van der Waals surface area contributed by atoms with E-state index in [9.17, 15) is 4.79 Å². The number of aromatic nitrogens is 1. The first-order valence-corrected chi connectivity index (χ1v) is 7.38. The Hall–Kier alpha value is -2.10. The molecule has 21 heavy (non-hydrogen) atoms. The van der Waals surface area contributed by atoms with Crippen molar-refractivity contribution in [1.82, 2.24) is 9.88 Å². The van der Waals surface area contributed by atoms with Crippen LogP contribution >= 0.6 is 0 Å². The van der Waals surface area contributed by atoms with Gasteiger partial charge in [-0.05, 0) is 44.7 Å². The molecule has 4 heteroatoms. The molecule has 110 valence electrons. The number of nitrogens with zero attached hydrogens (tertiary/aromatic N) is 2. The monoisotopic (exact) mass is 284 g/mol. The number of aryl methyl sites for hydroxylation is 1. The lowest BCUT2D eigenvalue weighted by atomic mass is 10.2. The minimum Gasteiger partial charge on any atom is -0.441 e. The van der Waals surface area contributed by atoms with Crippen LogP contribution in [0.3, 0.4) is 0 Å². The fraction of sp³-hybridized carbons (Fsp3) is 0.412. The molecule has 1 saturated carbocycles. The fourth-order valence-electron chi connectivity index (χ4n) is 2.55. The van der Waals surface area contributed by atoms with Crippen molar-refractivity contribution in [2.75, 3.05) is 7.05 Å². The third-order valence-electron chi connectivity index (χ3n) is 4.26. The lowest BCUT2D eigenvalue weighted by molar-refractivity contribution is 0.0720. The van der Waals surface area contributed by atoms with Gasteiger partial charge in [0, 0.05) is 18.7 Å². The molecule has 1 heterocycles. The molecule has 0 N–H and O–H groups in total. The number of rotatable bonds is 4. The number of carbonyl (C=O) groups excluding carboxylic acids is 1. The van der Waals surface area contributed by atoms with Crippen molar-refractivity contribution in [3.05, 3.63) is 41.8 Å². The lowest BCUT2D eigenvalue weighted by Crippen LogP contribution is -2.36. The minimum absolute atomic E-state index is 0.0576. The molecule has 0 radical (unpaired) electrons. The summed E-state index contributed by atoms with van der Waals surface area (Å²) in [4.78, 5) is 18.8. The summed E-state index contributed by atoms with van der Waals surface area (Å²) >= 11 is 0. The molecule has 1 atom stereocenters. The molecule has 0 unspecified atom stereocenters. The van der Waals surface area contributed by atoms with Crippen LogP contribution in [0.15, 0.2) is 34.7 Å². The van der Waals surface area contributed by atoms with Gasteiger partial charge >= 0.3 is 0 Å². The van der Waals surface area contributed by atoms with Crippen molar-refractivity contribution >= 4 is 5.91 Å². The van der Waals surface area contributed by atoms with E-state index in [1.54, 1.807) is 11.8 Å². The topological polar surface area (TPSA) is 46.3 Å². The second-order valence-electron chi connectivity index (χ2n) is 5.78. The van der Waals surface area contributed by atoms with Crippen LogP contribution in [0.2, 0.25) is 0 Å². The average Bonchev–Trinajstić information content (AvgIpc) is 3.28. The van der Waals surface area contributed by atoms with Crippen molar-refractivity contribution in [1.29, 1.82) is 0 Å². The number of oxazole rings is 1. The molecule has 1 aliphatic carbocycles. The van der Waals surface area contributed by atoms with E-state index in [4.69, 9.17) is 4.42 Å². The number of hydrogen-bond donors (Lipinski definition) is 0. The summed E-state index contributed by atoms with van der Waals surface area (Å²) in [5.74, 6) is 1.66. The van der Waals surface area contributed by atoms with E-state index < -0.39 is 0 Å². The maximum absolute atomic E-state index is 12.6. The van der Waals surface area contributed by atoms with Gasteiger partial charge in [-0.25, -0.2) is 4.98 Å². The second-order valence-corrected chi connectivity index (χ2v) is 5.78. The number of amides is 1. The highest BCUT2D eigenvalue weighted by Gasteiger charge is 2.34. The highest BCUT2D eigenvalue weighted by atomic mass is 16.4. The van der Waals surface area contributed by atoms with Gasteiger partial charge in [-0.2, -0.15) is 0 Å². The zero-order valence-corrected chi connectivity index (χ0v) is 12.7. The first-order chi connectivity index (χ1) is 10.1. The standard InChI is InChI=1S/C17H20N2O2/c1-11(13-9-10-13)19(3)17(20)15-12(2)21-16(18-15)14-7-5-4-6-8-14/h4-8,11,13H,9-10H2,1-3H3/t11-/m0/s1. The largest absolute Gasteiger partial charge is 0.441 e. The Bertz CT molecular complexity index is 644. The van der Waals surface area contributed by atoms with E-state index in [0.717, 1.165) is 5.56 Å². The van der Waals surface area contributed by atoms with Gasteiger partial charge in [0.2, 0.25) is 5.89 Å². The normalized spacial score (nSPS) is 15.8. The number of carbonyl (C=O) groups is 1. The van der Waals surface area contributed by atoms with E-state index in [0.29, 0.717) is 23.3 Å². The summed E-state index contributed by atoms with van der Waals surface area (Å²) in [7, 11) is 1.85. The Morgan fingerprint density at radius 1 is 1.33 bits per heavy atom. The van der Waals surface area contributed by atoms with Crippen molar-refractivity contribution in [3.8, 4) is 11.5 Å². The summed E-state index contributed by atoms with van der Waals surface area (Å²) < 4.78 is 5.67. The quantitative estimate of drug-likeness (QED) is 0.863. The van der Waals surface area contributed by atoms with Gasteiger partial charge in [-0.3, -0.25) is 4.79 Å². The zero-order valence-electron chi connectivity index (χ0n) is 12.7. The third-order valence-corrected chi connectivity index (χ3v) is 4.26. The SMILES string of the molecule is Cc1oc(-c2ccccc2)nc1C(=O)N(C)[C@@H](C)C1CC1. The maximum Gasteiger partial charge on any atom is 0.276 e. The molecule has 1 fully saturated rings. The molecule has 1 aromatic heterocycles. The molecule has 1 aliphatic rings. The van der Waals surface area contributed by atoms with Crippen LogP contribution in [0.4, 0.5) is 0 Å². The van der Waals surface area contributed by atoms with Crippen molar-refractivity contribution < 1.29 is 9.21 Å². The molecule has 0 spiro atoms. The highest BCUT2D eigenvalue weighted by Crippen LogP contribution is 2.35. The van der Waals surface area contributed by atoms with E-state index >= 15 is 0 Å². The van der Waals surface area contributed by atoms with Crippen LogP contribution in [-0.2, 0) is 0 Å². The zero-order chi connectivity index (χ0) is 15.0. The molecule has 1 amide bonds. The summed E-state index contributed by atoms with van der Waals surface area (Å²) in [6.07, 6.45) is 2.43. The van der Waals surface area contributed by atoms with Crippen molar-refractivity contribution in [3.63, 3.8) is 0 Å². The Balaban J connectivity index is 1.85. The number of benzene rings is 1. The van der Waals surface area contributed by atoms with Crippen molar-refractivity contribution in [2.24, 2.45) is 5.92 Å². The predicted molar refractivity (Wildman–Crippen MR) is 81.0 cm³/mol. The minimum atomic E-state index is -0.0576. The molecule has 2 aromatic rings. The van der Waals surface area contributed by atoms with Gasteiger partial charge in [0.05, 0.1) is 0 Å². The summed E-state index contributed by atoms with van der Waals surface area (Å²) in [5.41, 5.74) is 1.31. The summed E-state index contributed by atoms with van der Waals surface area (Å²) in [6.45, 7) is 3.89. The third kappa shape index (κ3) is 2.71. The molecule has 0 bridgehead atoms. The maximum atomic E-state index is 12.6. The predicted octanol–water partition coefficient (Wildman–Crippen LogP) is 3.52. The van der Waals surface area contributed by atoms with Crippen LogP contribution in [0, 0.1) is 12.8 Å². The molecule has 0 saturated heterocycles. The summed E-state index contributed by atoms with van der Waals surface area (Å²) in [5, 5.41) is 0. The van der Waals surface area contributed by atoms with E-state index in [-0.39, 0.29) is 11.9 Å². The van der Waals surface area contributed by atoms with Gasteiger partial charge in [-0.1, -0.05) is 18.2 Å². The number of hydrogen-bond acceptors (Lipinski definition) is 3. The van der Waals surface area contributed by atoms with Crippen molar-refractivity contribution in [2.45, 2.75) is 32.7 Å². The first kappa shape index (κ1) is 13.9. The van der Waals surface area contributed by atoms with Crippen LogP contribution in [-0.4, -0.2) is 28.9 Å². The molecule has 1 aromatic carbocycles. The first-order valence-electron chi connectivity index (χ1n) is 7.38. The summed E-state index contributed by atoms with van der Waals surface area (Å²) in [6, 6.07) is 9.91. The molecular formula is C17H20N2O2. The van der Waals surface area contributed by atoms with Crippen LogP contribution in [0.25, 0.3) is 11.5 Å².